The lowest BCUT2D eigenvalue weighted by molar-refractivity contribution is 0.0529. The maximum atomic E-state index is 13.8. The van der Waals surface area contributed by atoms with Crippen LogP contribution in [0.5, 0.6) is 0 Å². The van der Waals surface area contributed by atoms with Gasteiger partial charge in [-0.1, -0.05) is 55.3 Å². The van der Waals surface area contributed by atoms with Crippen LogP contribution in [0.4, 0.5) is 0 Å². The molecule has 2 amide bonds. The highest BCUT2D eigenvalue weighted by atomic mass is 35.5. The van der Waals surface area contributed by atoms with E-state index in [0.29, 0.717) is 48.4 Å². The second kappa shape index (κ2) is 10.1. The number of aromatic nitrogens is 1. The zero-order chi connectivity index (χ0) is 24.4. The fourth-order valence-corrected chi connectivity index (χ4v) is 4.71. The highest BCUT2D eigenvalue weighted by Gasteiger charge is 2.30. The average molecular weight is 478 g/mol. The Morgan fingerprint density at radius 2 is 1.41 bits per heavy atom. The van der Waals surface area contributed by atoms with Crippen molar-refractivity contribution >= 4 is 23.4 Å². The molecule has 0 saturated carbocycles. The van der Waals surface area contributed by atoms with E-state index >= 15 is 0 Å². The highest BCUT2D eigenvalue weighted by Crippen LogP contribution is 2.32. The van der Waals surface area contributed by atoms with Crippen molar-refractivity contribution in [3.8, 4) is 11.1 Å². The predicted molar refractivity (Wildman–Crippen MR) is 137 cm³/mol. The van der Waals surface area contributed by atoms with Gasteiger partial charge in [-0.05, 0) is 55.2 Å². The van der Waals surface area contributed by atoms with Crippen LogP contribution in [0.3, 0.4) is 0 Å². The van der Waals surface area contributed by atoms with E-state index in [1.165, 1.54) is 0 Å². The van der Waals surface area contributed by atoms with E-state index in [2.05, 4.69) is 31.5 Å². The molecule has 34 heavy (non-hydrogen) atoms. The van der Waals surface area contributed by atoms with Crippen molar-refractivity contribution in [2.24, 2.45) is 5.92 Å². The van der Waals surface area contributed by atoms with E-state index in [-0.39, 0.29) is 11.8 Å². The number of carbonyl (C=O) groups is 2. The molecule has 1 fully saturated rings. The molecule has 6 heteroatoms. The van der Waals surface area contributed by atoms with Crippen molar-refractivity contribution in [3.63, 3.8) is 0 Å². The summed E-state index contributed by atoms with van der Waals surface area (Å²) in [7, 11) is 0. The monoisotopic (exact) mass is 477 g/mol. The zero-order valence-corrected chi connectivity index (χ0v) is 21.1. The highest BCUT2D eigenvalue weighted by molar-refractivity contribution is 6.30. The molecule has 1 aliphatic rings. The van der Waals surface area contributed by atoms with Crippen molar-refractivity contribution in [2.45, 2.75) is 34.2 Å². The summed E-state index contributed by atoms with van der Waals surface area (Å²) in [4.78, 5) is 30.5. The van der Waals surface area contributed by atoms with Crippen LogP contribution < -0.4 is 0 Å². The average Bonchev–Trinajstić information content (AvgIpc) is 3.14. The maximum absolute atomic E-state index is 13.8. The van der Waals surface area contributed by atoms with Crippen LogP contribution in [-0.2, 0) is 6.54 Å². The topological polar surface area (TPSA) is 45.6 Å². The molecular weight excluding hydrogens is 446 g/mol. The van der Waals surface area contributed by atoms with Gasteiger partial charge in [-0.15, -0.1) is 0 Å². The first-order valence-electron chi connectivity index (χ1n) is 11.9. The summed E-state index contributed by atoms with van der Waals surface area (Å²) in [6, 6.07) is 15.3. The smallest absolute Gasteiger partial charge is 0.271 e. The molecule has 178 valence electrons. The number of nitrogens with zero attached hydrogens (tertiary/aromatic N) is 3. The number of amides is 2. The van der Waals surface area contributed by atoms with Crippen molar-refractivity contribution in [1.29, 1.82) is 0 Å². The fourth-order valence-electron chi connectivity index (χ4n) is 4.58. The van der Waals surface area contributed by atoms with Crippen molar-refractivity contribution in [2.75, 3.05) is 26.2 Å². The molecule has 0 aliphatic carbocycles. The predicted octanol–water partition coefficient (Wildman–Crippen LogP) is 5.68. The molecular formula is C28H32ClN3O2. The van der Waals surface area contributed by atoms with Gasteiger partial charge in [-0.2, -0.15) is 0 Å². The van der Waals surface area contributed by atoms with Gasteiger partial charge in [0.2, 0.25) is 0 Å². The molecule has 2 aromatic carbocycles. The lowest BCUT2D eigenvalue weighted by atomic mass is 10.0. The summed E-state index contributed by atoms with van der Waals surface area (Å²) in [6.07, 6.45) is 2.08. The van der Waals surface area contributed by atoms with Gasteiger partial charge in [0.25, 0.3) is 11.8 Å². The number of benzene rings is 2. The van der Waals surface area contributed by atoms with Crippen LogP contribution in [0.15, 0.2) is 54.7 Å². The number of piperazine rings is 1. The molecule has 0 radical (unpaired) electrons. The van der Waals surface area contributed by atoms with Crippen molar-refractivity contribution in [3.05, 3.63) is 82.1 Å². The summed E-state index contributed by atoms with van der Waals surface area (Å²) in [5.74, 6) is 0.439. The molecule has 1 aromatic heterocycles. The number of rotatable bonds is 5. The summed E-state index contributed by atoms with van der Waals surface area (Å²) in [5, 5.41) is 0.672. The Hall–Kier alpha value is -3.05. The maximum Gasteiger partial charge on any atom is 0.271 e. The van der Waals surface area contributed by atoms with Crippen LogP contribution in [0.1, 0.15) is 45.8 Å². The van der Waals surface area contributed by atoms with Gasteiger partial charge in [-0.3, -0.25) is 9.59 Å². The molecule has 0 atom stereocenters. The van der Waals surface area contributed by atoms with E-state index in [0.717, 1.165) is 28.8 Å². The summed E-state index contributed by atoms with van der Waals surface area (Å²) < 4.78 is 2.09. The molecule has 0 spiro atoms. The first-order chi connectivity index (χ1) is 16.2. The molecule has 0 bridgehead atoms. The molecule has 3 aromatic rings. The largest absolute Gasteiger partial charge is 0.342 e. The third-order valence-electron chi connectivity index (χ3n) is 6.32. The van der Waals surface area contributed by atoms with Crippen LogP contribution in [0.2, 0.25) is 5.02 Å². The van der Waals surface area contributed by atoms with E-state index in [4.69, 9.17) is 11.6 Å². The lowest BCUT2D eigenvalue weighted by Crippen LogP contribution is -2.51. The molecule has 0 N–H and O–H groups in total. The first-order valence-corrected chi connectivity index (χ1v) is 12.2. The summed E-state index contributed by atoms with van der Waals surface area (Å²) >= 11 is 6.12. The normalized spacial score (nSPS) is 14.1. The molecule has 2 heterocycles. The quantitative estimate of drug-likeness (QED) is 0.474. The van der Waals surface area contributed by atoms with Gasteiger partial charge < -0.3 is 14.4 Å². The number of hydrogen-bond donors (Lipinski definition) is 0. The van der Waals surface area contributed by atoms with Gasteiger partial charge in [0, 0.05) is 55.1 Å². The van der Waals surface area contributed by atoms with Crippen LogP contribution in [-0.4, -0.2) is 52.4 Å². The number of carbonyl (C=O) groups excluding carboxylic acids is 2. The third-order valence-corrected chi connectivity index (χ3v) is 6.57. The van der Waals surface area contributed by atoms with Crippen molar-refractivity contribution in [1.82, 2.24) is 14.4 Å². The van der Waals surface area contributed by atoms with E-state index in [1.54, 1.807) is 0 Å². The van der Waals surface area contributed by atoms with Gasteiger partial charge in [0.1, 0.15) is 5.69 Å². The minimum Gasteiger partial charge on any atom is -0.342 e. The summed E-state index contributed by atoms with van der Waals surface area (Å²) in [6.45, 7) is 11.2. The molecule has 4 rings (SSSR count). The van der Waals surface area contributed by atoms with Crippen LogP contribution >= 0.6 is 11.6 Å². The zero-order valence-electron chi connectivity index (χ0n) is 20.3. The van der Waals surface area contributed by atoms with Crippen LogP contribution in [0.25, 0.3) is 11.1 Å². The van der Waals surface area contributed by atoms with Gasteiger partial charge in [0.15, 0.2) is 0 Å². The lowest BCUT2D eigenvalue weighted by Gasteiger charge is -2.35. The molecule has 1 aliphatic heterocycles. The number of hydrogen-bond acceptors (Lipinski definition) is 2. The second-order valence-corrected chi connectivity index (χ2v) is 9.98. The molecule has 1 saturated heterocycles. The minimum absolute atomic E-state index is 0.0149. The summed E-state index contributed by atoms with van der Waals surface area (Å²) in [5.41, 5.74) is 5.55. The number of aryl methyl sites for hydroxylation is 2. The number of halogens is 1. The van der Waals surface area contributed by atoms with E-state index in [1.807, 2.05) is 65.3 Å². The Morgan fingerprint density at radius 1 is 0.853 bits per heavy atom. The first kappa shape index (κ1) is 24.1. The minimum atomic E-state index is 0.0149. The Kier molecular flexibility index (Phi) is 7.13. The third kappa shape index (κ3) is 5.05. The Labute approximate surface area is 206 Å². The molecule has 0 unspecified atom stereocenters. The Bertz CT molecular complexity index is 1170. The van der Waals surface area contributed by atoms with Gasteiger partial charge >= 0.3 is 0 Å². The second-order valence-electron chi connectivity index (χ2n) is 9.54. The standard InChI is InChI=1S/C28H32ClN3O2/c1-19(2)17-32-18-21(4)25(22-9-11-24(29)12-10-22)26(32)28(34)31-15-13-30(14-16-31)27(33)23-7-5-20(3)6-8-23/h5-12,18-19H,13-17H2,1-4H3. The van der Waals surface area contributed by atoms with Gasteiger partial charge in [0.05, 0.1) is 0 Å². The Morgan fingerprint density at radius 3 is 1.97 bits per heavy atom. The van der Waals surface area contributed by atoms with Crippen molar-refractivity contribution < 1.29 is 9.59 Å². The van der Waals surface area contributed by atoms with E-state index in [9.17, 15) is 9.59 Å². The molecule has 5 nitrogen and oxygen atoms in total. The van der Waals surface area contributed by atoms with E-state index < -0.39 is 0 Å². The fraction of sp³-hybridized carbons (Fsp3) is 0.357. The Balaban J connectivity index is 1.57. The van der Waals surface area contributed by atoms with Gasteiger partial charge in [-0.25, -0.2) is 0 Å². The van der Waals surface area contributed by atoms with Crippen LogP contribution in [0, 0.1) is 19.8 Å². The SMILES string of the molecule is Cc1ccc(C(=O)N2CCN(C(=O)c3c(-c4ccc(Cl)cc4)c(C)cn3CC(C)C)CC2)cc1.